The van der Waals surface area contributed by atoms with E-state index in [0.717, 1.165) is 37.5 Å². The maximum atomic E-state index is 12.0. The number of guanidine groups is 1. The molecule has 28 heavy (non-hydrogen) atoms. The number of nitrogens with zero attached hydrogens (tertiary/aromatic N) is 3. The molecule has 0 spiro atoms. The fourth-order valence-corrected chi connectivity index (χ4v) is 3.93. The molecule has 9 heteroatoms. The first kappa shape index (κ1) is 22.1. The predicted octanol–water partition coefficient (Wildman–Crippen LogP) is 2.26. The summed E-state index contributed by atoms with van der Waals surface area (Å²) in [5.41, 5.74) is 0.685. The van der Waals surface area contributed by atoms with E-state index in [0.29, 0.717) is 36.1 Å². The van der Waals surface area contributed by atoms with Gasteiger partial charge in [0, 0.05) is 32.6 Å². The van der Waals surface area contributed by atoms with Crippen molar-refractivity contribution in [2.24, 2.45) is 4.99 Å². The van der Waals surface area contributed by atoms with Crippen molar-refractivity contribution in [1.29, 1.82) is 0 Å². The highest BCUT2D eigenvalue weighted by Crippen LogP contribution is 2.24. The van der Waals surface area contributed by atoms with Gasteiger partial charge in [0.05, 0.1) is 18.3 Å². The van der Waals surface area contributed by atoms with Crippen molar-refractivity contribution in [1.82, 2.24) is 20.5 Å². The molecule has 2 N–H and O–H groups in total. The van der Waals surface area contributed by atoms with Gasteiger partial charge in [-0.1, -0.05) is 0 Å². The van der Waals surface area contributed by atoms with Gasteiger partial charge < -0.3 is 20.3 Å². The van der Waals surface area contributed by atoms with E-state index in [9.17, 15) is 9.59 Å². The molecule has 1 fully saturated rings. The molecular weight excluding hydrogens is 378 g/mol. The second-order valence-electron chi connectivity index (χ2n) is 6.65. The number of ether oxygens (including phenoxy) is 1. The molecule has 2 heterocycles. The summed E-state index contributed by atoms with van der Waals surface area (Å²) in [5.74, 6) is 0.625. The molecule has 2 rings (SSSR count). The fraction of sp³-hybridized carbons (Fsp3) is 0.684. The number of aryl methyl sites for hydroxylation is 1. The van der Waals surface area contributed by atoms with E-state index in [4.69, 9.17) is 4.74 Å². The topological polar surface area (TPSA) is 95.9 Å². The molecule has 0 radical (unpaired) electrons. The predicted molar refractivity (Wildman–Crippen MR) is 111 cm³/mol. The minimum atomic E-state index is -0.326. The number of nitrogens with one attached hydrogen (secondary N) is 2. The zero-order valence-electron chi connectivity index (χ0n) is 17.2. The van der Waals surface area contributed by atoms with E-state index in [1.807, 2.05) is 25.7 Å². The first-order valence-corrected chi connectivity index (χ1v) is 10.7. The lowest BCUT2D eigenvalue weighted by Gasteiger charge is -2.17. The first-order chi connectivity index (χ1) is 13.5. The average Bonchev–Trinajstić information content (AvgIpc) is 3.24. The van der Waals surface area contributed by atoms with Crippen LogP contribution >= 0.6 is 11.3 Å². The molecule has 1 unspecified atom stereocenters. The van der Waals surface area contributed by atoms with Crippen LogP contribution in [0.5, 0.6) is 0 Å². The Morgan fingerprint density at radius 1 is 1.43 bits per heavy atom. The second kappa shape index (κ2) is 11.0. The Morgan fingerprint density at radius 2 is 2.21 bits per heavy atom. The molecule has 1 aromatic rings. The third-order valence-corrected chi connectivity index (χ3v) is 5.69. The average molecular weight is 410 g/mol. The number of carbonyl (C=O) groups is 2. The number of aliphatic imine (C=N–C) groups is 1. The Labute approximate surface area is 170 Å². The standard InChI is InChI=1S/C19H31N5O3S/c1-5-20-19(21-10-8-12-24-11-7-9-15(24)25)23-14(4)17-22-13(3)16(28-17)18(26)27-6-2/h14H,5-12H2,1-4H3,(H2,20,21,23). The summed E-state index contributed by atoms with van der Waals surface area (Å²) in [6, 6.07) is -0.0927. The van der Waals surface area contributed by atoms with Gasteiger partial charge in [-0.3, -0.25) is 9.79 Å². The van der Waals surface area contributed by atoms with Crippen LogP contribution in [0.15, 0.2) is 4.99 Å². The van der Waals surface area contributed by atoms with Crippen molar-refractivity contribution in [3.8, 4) is 0 Å². The van der Waals surface area contributed by atoms with Crippen molar-refractivity contribution >= 4 is 29.2 Å². The largest absolute Gasteiger partial charge is 0.462 e. The number of amides is 1. The number of carbonyl (C=O) groups excluding carboxylic acids is 2. The van der Waals surface area contributed by atoms with Crippen LogP contribution in [0.4, 0.5) is 0 Å². The highest BCUT2D eigenvalue weighted by Gasteiger charge is 2.21. The summed E-state index contributed by atoms with van der Waals surface area (Å²) in [4.78, 5) is 35.2. The van der Waals surface area contributed by atoms with Crippen molar-refractivity contribution < 1.29 is 14.3 Å². The lowest BCUT2D eigenvalue weighted by atomic mass is 10.3. The SMILES string of the molecule is CCNC(=NCCCN1CCCC1=O)NC(C)c1nc(C)c(C(=O)OCC)s1. The smallest absolute Gasteiger partial charge is 0.350 e. The maximum absolute atomic E-state index is 12.0. The zero-order valence-corrected chi connectivity index (χ0v) is 18.0. The van der Waals surface area contributed by atoms with Gasteiger partial charge in [-0.05, 0) is 40.5 Å². The Balaban J connectivity index is 1.92. The van der Waals surface area contributed by atoms with E-state index in [1.165, 1.54) is 11.3 Å². The van der Waals surface area contributed by atoms with E-state index < -0.39 is 0 Å². The number of likely N-dealkylation sites (tertiary alicyclic amines) is 1. The summed E-state index contributed by atoms with van der Waals surface area (Å²) in [6.45, 7) is 11.0. The highest BCUT2D eigenvalue weighted by atomic mass is 32.1. The van der Waals surface area contributed by atoms with Gasteiger partial charge >= 0.3 is 5.97 Å². The van der Waals surface area contributed by atoms with Gasteiger partial charge in [-0.15, -0.1) is 11.3 Å². The van der Waals surface area contributed by atoms with E-state index in [-0.39, 0.29) is 17.9 Å². The molecule has 0 saturated carbocycles. The van der Waals surface area contributed by atoms with E-state index >= 15 is 0 Å². The molecule has 1 atom stereocenters. The van der Waals surface area contributed by atoms with Crippen LogP contribution in [-0.2, 0) is 9.53 Å². The van der Waals surface area contributed by atoms with E-state index in [2.05, 4.69) is 20.6 Å². The number of esters is 1. The minimum Gasteiger partial charge on any atom is -0.462 e. The van der Waals surface area contributed by atoms with Gasteiger partial charge in [0.15, 0.2) is 5.96 Å². The molecule has 0 bridgehead atoms. The molecule has 1 saturated heterocycles. The van der Waals surface area contributed by atoms with Gasteiger partial charge in [-0.2, -0.15) is 0 Å². The lowest BCUT2D eigenvalue weighted by molar-refractivity contribution is -0.127. The fourth-order valence-electron chi connectivity index (χ4n) is 2.97. The van der Waals surface area contributed by atoms with Crippen molar-refractivity contribution in [3.63, 3.8) is 0 Å². The van der Waals surface area contributed by atoms with E-state index in [1.54, 1.807) is 6.92 Å². The van der Waals surface area contributed by atoms with Gasteiger partial charge in [0.1, 0.15) is 9.88 Å². The summed E-state index contributed by atoms with van der Waals surface area (Å²) < 4.78 is 5.08. The molecule has 0 aliphatic carbocycles. The summed E-state index contributed by atoms with van der Waals surface area (Å²) in [6.07, 6.45) is 2.47. The van der Waals surface area contributed by atoms with Gasteiger partial charge in [-0.25, -0.2) is 9.78 Å². The Morgan fingerprint density at radius 3 is 2.86 bits per heavy atom. The molecule has 1 aromatic heterocycles. The number of hydrogen-bond acceptors (Lipinski definition) is 6. The first-order valence-electron chi connectivity index (χ1n) is 9.93. The monoisotopic (exact) mass is 409 g/mol. The molecule has 1 aliphatic rings. The number of aromatic nitrogens is 1. The van der Waals surface area contributed by atoms with Crippen LogP contribution in [0.25, 0.3) is 0 Å². The maximum Gasteiger partial charge on any atom is 0.350 e. The second-order valence-corrected chi connectivity index (χ2v) is 7.68. The third-order valence-electron chi connectivity index (χ3n) is 4.37. The number of thiazole rings is 1. The highest BCUT2D eigenvalue weighted by molar-refractivity contribution is 7.13. The van der Waals surface area contributed by atoms with Crippen molar-refractivity contribution in [2.75, 3.05) is 32.8 Å². The summed E-state index contributed by atoms with van der Waals surface area (Å²) in [7, 11) is 0. The normalized spacial score (nSPS) is 15.6. The van der Waals surface area contributed by atoms with Crippen LogP contribution in [0, 0.1) is 6.92 Å². The Bertz CT molecular complexity index is 704. The lowest BCUT2D eigenvalue weighted by Crippen LogP contribution is -2.39. The van der Waals surface area contributed by atoms with Crippen LogP contribution in [0.1, 0.15) is 66.4 Å². The Hall–Kier alpha value is -2.16. The van der Waals surface area contributed by atoms with Crippen molar-refractivity contribution in [3.05, 3.63) is 15.6 Å². The minimum absolute atomic E-state index is 0.0927. The molecular formula is C19H31N5O3S. The molecule has 8 nitrogen and oxygen atoms in total. The van der Waals surface area contributed by atoms with Crippen molar-refractivity contribution in [2.45, 2.75) is 53.0 Å². The van der Waals surface area contributed by atoms with Crippen LogP contribution in [-0.4, -0.2) is 60.5 Å². The third kappa shape index (κ3) is 6.19. The Kier molecular flexibility index (Phi) is 8.69. The summed E-state index contributed by atoms with van der Waals surface area (Å²) >= 11 is 1.35. The number of rotatable bonds is 9. The van der Waals surface area contributed by atoms with Gasteiger partial charge in [0.2, 0.25) is 5.91 Å². The van der Waals surface area contributed by atoms with Crippen LogP contribution in [0.2, 0.25) is 0 Å². The van der Waals surface area contributed by atoms with Crippen LogP contribution < -0.4 is 10.6 Å². The summed E-state index contributed by atoms with van der Waals surface area (Å²) in [5, 5.41) is 7.38. The molecule has 156 valence electrons. The molecule has 1 amide bonds. The van der Waals surface area contributed by atoms with Gasteiger partial charge in [0.25, 0.3) is 0 Å². The number of hydrogen-bond donors (Lipinski definition) is 2. The molecule has 1 aliphatic heterocycles. The molecule has 0 aromatic carbocycles. The zero-order chi connectivity index (χ0) is 20.5. The quantitative estimate of drug-likeness (QED) is 0.281. The van der Waals surface area contributed by atoms with Crippen LogP contribution in [0.3, 0.4) is 0 Å².